The lowest BCUT2D eigenvalue weighted by Crippen LogP contribution is -2.38. The number of hydrogen-bond donors (Lipinski definition) is 0. The van der Waals surface area contributed by atoms with Gasteiger partial charge in [-0.3, -0.25) is 13.9 Å². The van der Waals surface area contributed by atoms with Gasteiger partial charge in [0.15, 0.2) is 0 Å². The molecule has 28 heavy (non-hydrogen) atoms. The van der Waals surface area contributed by atoms with Crippen molar-refractivity contribution in [3.05, 3.63) is 62.4 Å². The quantitative estimate of drug-likeness (QED) is 0.657. The molecular weight excluding hydrogens is 386 g/mol. The molecule has 2 aromatic rings. The van der Waals surface area contributed by atoms with E-state index >= 15 is 0 Å². The molecule has 9 nitrogen and oxygen atoms in total. The van der Waals surface area contributed by atoms with E-state index in [2.05, 4.69) is 0 Å². The molecule has 10 heteroatoms. The van der Waals surface area contributed by atoms with Crippen molar-refractivity contribution in [2.24, 2.45) is 14.1 Å². The molecule has 0 bridgehead atoms. The van der Waals surface area contributed by atoms with Crippen molar-refractivity contribution in [3.63, 3.8) is 0 Å². The van der Waals surface area contributed by atoms with E-state index in [1.807, 2.05) is 0 Å². The Hall–Kier alpha value is -2.72. The van der Waals surface area contributed by atoms with Gasteiger partial charge in [0.05, 0.1) is 16.2 Å². The van der Waals surface area contributed by atoms with Crippen molar-refractivity contribution in [2.75, 3.05) is 13.1 Å². The Labute approximate surface area is 161 Å². The van der Waals surface area contributed by atoms with Gasteiger partial charge in [0.1, 0.15) is 6.61 Å². The number of aromatic nitrogens is 2. The summed E-state index contributed by atoms with van der Waals surface area (Å²) in [6, 6.07) is 6.74. The van der Waals surface area contributed by atoms with Crippen LogP contribution in [-0.4, -0.2) is 40.9 Å². The Morgan fingerprint density at radius 2 is 1.64 bits per heavy atom. The average molecular weight is 407 g/mol. The van der Waals surface area contributed by atoms with Gasteiger partial charge in [0, 0.05) is 33.3 Å². The van der Waals surface area contributed by atoms with Crippen LogP contribution in [-0.2, 0) is 35.5 Å². The molecule has 2 heterocycles. The van der Waals surface area contributed by atoms with Gasteiger partial charge < -0.3 is 4.74 Å². The standard InChI is InChI=1S/C18H21N3O6S/c1-19-14(11-16(22)20(2)18(19)24)12-27-17(23)13-5-7-15(8-6-13)28(25,26)21-9-3-4-10-21/h5-8,11H,3-4,9-10,12H2,1-2H3. The number of esters is 1. The van der Waals surface area contributed by atoms with E-state index in [9.17, 15) is 22.8 Å². The molecule has 0 N–H and O–H groups in total. The Morgan fingerprint density at radius 3 is 2.25 bits per heavy atom. The van der Waals surface area contributed by atoms with E-state index in [4.69, 9.17) is 4.74 Å². The molecule has 1 aromatic heterocycles. The van der Waals surface area contributed by atoms with Crippen LogP contribution in [0.2, 0.25) is 0 Å². The normalized spacial score (nSPS) is 14.9. The van der Waals surface area contributed by atoms with Crippen LogP contribution in [0, 0.1) is 0 Å². The number of benzene rings is 1. The summed E-state index contributed by atoms with van der Waals surface area (Å²) in [6.07, 6.45) is 1.68. The molecule has 0 unspecified atom stereocenters. The third-order valence-electron chi connectivity index (χ3n) is 4.77. The predicted octanol–water partition coefficient (Wildman–Crippen LogP) is 0.226. The minimum Gasteiger partial charge on any atom is -0.456 e. The van der Waals surface area contributed by atoms with Gasteiger partial charge >= 0.3 is 11.7 Å². The summed E-state index contributed by atoms with van der Waals surface area (Å²) in [5.74, 6) is -0.682. The lowest BCUT2D eigenvalue weighted by molar-refractivity contribution is 0.0462. The van der Waals surface area contributed by atoms with E-state index < -0.39 is 27.2 Å². The third kappa shape index (κ3) is 3.78. The molecule has 0 radical (unpaired) electrons. The Bertz CT molecular complexity index is 1110. The predicted molar refractivity (Wildman–Crippen MR) is 100 cm³/mol. The van der Waals surface area contributed by atoms with Crippen LogP contribution < -0.4 is 11.2 Å². The highest BCUT2D eigenvalue weighted by Crippen LogP contribution is 2.21. The zero-order valence-electron chi connectivity index (χ0n) is 15.6. The first-order valence-corrected chi connectivity index (χ1v) is 10.2. The summed E-state index contributed by atoms with van der Waals surface area (Å²) in [7, 11) is -0.715. The SMILES string of the molecule is Cn1c(COC(=O)c2ccc(S(=O)(=O)N3CCCC3)cc2)cc(=O)n(C)c1=O. The zero-order chi connectivity index (χ0) is 20.5. The van der Waals surface area contributed by atoms with Gasteiger partial charge in [-0.25, -0.2) is 18.0 Å². The maximum absolute atomic E-state index is 12.5. The minimum absolute atomic E-state index is 0.125. The van der Waals surface area contributed by atoms with Crippen molar-refractivity contribution in [2.45, 2.75) is 24.3 Å². The molecular formula is C18H21N3O6S. The number of sulfonamides is 1. The molecule has 1 aliphatic heterocycles. The largest absolute Gasteiger partial charge is 0.456 e. The van der Waals surface area contributed by atoms with E-state index in [-0.39, 0.29) is 22.8 Å². The van der Waals surface area contributed by atoms with E-state index in [0.29, 0.717) is 13.1 Å². The first-order chi connectivity index (χ1) is 13.2. The fourth-order valence-electron chi connectivity index (χ4n) is 2.98. The van der Waals surface area contributed by atoms with E-state index in [1.165, 1.54) is 53.3 Å². The molecule has 0 atom stereocenters. The number of ether oxygens (including phenoxy) is 1. The highest BCUT2D eigenvalue weighted by Gasteiger charge is 2.27. The van der Waals surface area contributed by atoms with E-state index in [1.54, 1.807) is 0 Å². The number of hydrogen-bond acceptors (Lipinski definition) is 6. The summed E-state index contributed by atoms with van der Waals surface area (Å²) in [4.78, 5) is 36.0. The number of carbonyl (C=O) groups is 1. The molecule has 0 spiro atoms. The molecule has 1 fully saturated rings. The number of carbonyl (C=O) groups excluding carboxylic acids is 1. The lowest BCUT2D eigenvalue weighted by atomic mass is 10.2. The molecule has 0 aliphatic carbocycles. The fraction of sp³-hybridized carbons (Fsp3) is 0.389. The molecule has 1 aliphatic rings. The second-order valence-corrected chi connectivity index (χ2v) is 8.52. The van der Waals surface area contributed by atoms with Gasteiger partial charge in [-0.1, -0.05) is 0 Å². The topological polar surface area (TPSA) is 108 Å². The summed E-state index contributed by atoms with van der Waals surface area (Å²) in [6.45, 7) is 0.747. The highest BCUT2D eigenvalue weighted by atomic mass is 32.2. The third-order valence-corrected chi connectivity index (χ3v) is 6.68. The maximum atomic E-state index is 12.5. The van der Waals surface area contributed by atoms with Gasteiger partial charge in [0.2, 0.25) is 10.0 Å². The summed E-state index contributed by atoms with van der Waals surface area (Å²) in [5.41, 5.74) is -0.579. The first-order valence-electron chi connectivity index (χ1n) is 8.75. The van der Waals surface area contributed by atoms with Crippen LogP contribution in [0.1, 0.15) is 28.9 Å². The van der Waals surface area contributed by atoms with Crippen LogP contribution >= 0.6 is 0 Å². The maximum Gasteiger partial charge on any atom is 0.338 e. The second-order valence-electron chi connectivity index (χ2n) is 6.59. The van der Waals surface area contributed by atoms with Gasteiger partial charge in [-0.15, -0.1) is 0 Å². The molecule has 1 saturated heterocycles. The molecule has 1 aromatic carbocycles. The van der Waals surface area contributed by atoms with Crippen LogP contribution in [0.25, 0.3) is 0 Å². The lowest BCUT2D eigenvalue weighted by Gasteiger charge is -2.15. The Kier molecular flexibility index (Phi) is 5.52. The number of nitrogens with zero attached hydrogens (tertiary/aromatic N) is 3. The van der Waals surface area contributed by atoms with Gasteiger partial charge in [-0.2, -0.15) is 4.31 Å². The molecule has 0 saturated carbocycles. The summed E-state index contributed by atoms with van der Waals surface area (Å²) >= 11 is 0. The Morgan fingerprint density at radius 1 is 1.04 bits per heavy atom. The van der Waals surface area contributed by atoms with Gasteiger partial charge in [-0.05, 0) is 37.1 Å². The molecule has 150 valence electrons. The molecule has 3 rings (SSSR count). The zero-order valence-corrected chi connectivity index (χ0v) is 16.4. The fourth-order valence-corrected chi connectivity index (χ4v) is 4.50. The smallest absolute Gasteiger partial charge is 0.338 e. The van der Waals surface area contributed by atoms with Crippen molar-refractivity contribution in [1.82, 2.24) is 13.4 Å². The second kappa shape index (κ2) is 7.72. The van der Waals surface area contributed by atoms with Crippen LogP contribution in [0.5, 0.6) is 0 Å². The highest BCUT2D eigenvalue weighted by molar-refractivity contribution is 7.89. The Balaban J connectivity index is 1.72. The van der Waals surface area contributed by atoms with Crippen molar-refractivity contribution >= 4 is 16.0 Å². The summed E-state index contributed by atoms with van der Waals surface area (Å²) in [5, 5.41) is 0. The first kappa shape index (κ1) is 20.0. The number of rotatable bonds is 5. The van der Waals surface area contributed by atoms with E-state index in [0.717, 1.165) is 17.4 Å². The summed E-state index contributed by atoms with van der Waals surface area (Å²) < 4.78 is 33.8. The van der Waals surface area contributed by atoms with Crippen LogP contribution in [0.3, 0.4) is 0 Å². The van der Waals surface area contributed by atoms with Gasteiger partial charge in [0.25, 0.3) is 5.56 Å². The average Bonchev–Trinajstić information content (AvgIpc) is 3.23. The monoisotopic (exact) mass is 407 g/mol. The van der Waals surface area contributed by atoms with Crippen molar-refractivity contribution in [3.8, 4) is 0 Å². The van der Waals surface area contributed by atoms with Crippen LogP contribution in [0.4, 0.5) is 0 Å². The molecule has 0 amide bonds. The van der Waals surface area contributed by atoms with Crippen LogP contribution in [0.15, 0.2) is 44.8 Å². The van der Waals surface area contributed by atoms with Crippen molar-refractivity contribution in [1.29, 1.82) is 0 Å². The minimum atomic E-state index is -3.55. The van der Waals surface area contributed by atoms with Crippen molar-refractivity contribution < 1.29 is 17.9 Å².